The van der Waals surface area contributed by atoms with Crippen LogP contribution in [0.1, 0.15) is 16.8 Å². The molecule has 0 aliphatic carbocycles. The normalized spacial score (nSPS) is 11.9. The number of halogens is 3. The zero-order valence-electron chi connectivity index (χ0n) is 9.35. The third-order valence-corrected chi connectivity index (χ3v) is 2.34. The Bertz CT molecular complexity index is 544. The Morgan fingerprint density at radius 3 is 2.22 bits per heavy atom. The average Bonchev–Trinajstić information content (AvgIpc) is 2.37. The van der Waals surface area contributed by atoms with Gasteiger partial charge in [0.2, 0.25) is 0 Å². The van der Waals surface area contributed by atoms with Crippen LogP contribution in [0, 0.1) is 0 Å². The Balaban J connectivity index is 2.23. The predicted octanol–water partition coefficient (Wildman–Crippen LogP) is 4.27. The van der Waals surface area contributed by atoms with Gasteiger partial charge >= 0.3 is 6.18 Å². The second-order valence-corrected chi connectivity index (χ2v) is 3.72. The highest BCUT2D eigenvalue weighted by atomic mass is 19.4. The van der Waals surface area contributed by atoms with E-state index in [0.29, 0.717) is 5.56 Å². The van der Waals surface area contributed by atoms with Gasteiger partial charge in [-0.3, -0.25) is 4.98 Å². The Hall–Kier alpha value is -2.10. The minimum absolute atomic E-state index is 0.473. The van der Waals surface area contributed by atoms with Crippen molar-refractivity contribution in [2.24, 2.45) is 0 Å². The molecule has 0 amide bonds. The fraction of sp³-hybridized carbons (Fsp3) is 0.0714. The Kier molecular flexibility index (Phi) is 3.46. The first-order valence-corrected chi connectivity index (χ1v) is 5.32. The molecular formula is C14H10F3N. The van der Waals surface area contributed by atoms with Crippen LogP contribution in [0.5, 0.6) is 0 Å². The van der Waals surface area contributed by atoms with Crippen molar-refractivity contribution in [2.75, 3.05) is 0 Å². The molecule has 1 heterocycles. The van der Waals surface area contributed by atoms with E-state index >= 15 is 0 Å². The van der Waals surface area contributed by atoms with Gasteiger partial charge in [0.25, 0.3) is 0 Å². The van der Waals surface area contributed by atoms with Crippen LogP contribution in [0.3, 0.4) is 0 Å². The van der Waals surface area contributed by atoms with Crippen molar-refractivity contribution in [3.05, 3.63) is 65.5 Å². The minimum atomic E-state index is -4.41. The van der Waals surface area contributed by atoms with E-state index in [0.717, 1.165) is 17.8 Å². The summed E-state index contributed by atoms with van der Waals surface area (Å²) in [5.74, 6) is 0. The van der Waals surface area contributed by atoms with Crippen LogP contribution < -0.4 is 0 Å². The van der Waals surface area contributed by atoms with Crippen LogP contribution in [-0.4, -0.2) is 4.98 Å². The molecule has 0 saturated carbocycles. The molecule has 18 heavy (non-hydrogen) atoms. The monoisotopic (exact) mass is 249 g/mol. The van der Waals surface area contributed by atoms with Gasteiger partial charge in [0, 0.05) is 6.20 Å². The van der Waals surface area contributed by atoms with Crippen molar-refractivity contribution >= 4 is 12.2 Å². The van der Waals surface area contributed by atoms with Crippen LogP contribution in [0.25, 0.3) is 12.2 Å². The summed E-state index contributed by atoms with van der Waals surface area (Å²) in [5, 5.41) is 0. The average molecular weight is 249 g/mol. The van der Waals surface area contributed by atoms with E-state index in [2.05, 4.69) is 4.98 Å². The lowest BCUT2D eigenvalue weighted by atomic mass is 10.1. The van der Waals surface area contributed by atoms with Crippen molar-refractivity contribution in [3.63, 3.8) is 0 Å². The van der Waals surface area contributed by atoms with Crippen molar-refractivity contribution in [1.82, 2.24) is 4.98 Å². The molecule has 0 radical (unpaired) electrons. The molecule has 0 aliphatic heterocycles. The summed E-state index contributed by atoms with van der Waals surface area (Å²) in [6.07, 6.45) is 0.145. The molecule has 1 aromatic carbocycles. The number of alkyl halides is 3. The second kappa shape index (κ2) is 5.04. The van der Waals surface area contributed by atoms with Crippen molar-refractivity contribution < 1.29 is 13.2 Å². The number of hydrogen-bond acceptors (Lipinski definition) is 1. The molecule has 4 heteroatoms. The zero-order chi connectivity index (χ0) is 13.0. The maximum atomic E-state index is 12.4. The number of rotatable bonds is 2. The van der Waals surface area contributed by atoms with Crippen LogP contribution >= 0.6 is 0 Å². The van der Waals surface area contributed by atoms with Gasteiger partial charge < -0.3 is 0 Å². The molecule has 0 atom stereocenters. The third kappa shape index (κ3) is 3.20. The maximum Gasteiger partial charge on any atom is 0.433 e. The molecule has 0 bridgehead atoms. The van der Waals surface area contributed by atoms with Crippen LogP contribution in [0.2, 0.25) is 0 Å². The number of benzene rings is 1. The summed E-state index contributed by atoms with van der Waals surface area (Å²) in [4.78, 5) is 3.31. The number of hydrogen-bond donors (Lipinski definition) is 0. The molecule has 1 aromatic heterocycles. The Morgan fingerprint density at radius 1 is 0.889 bits per heavy atom. The number of pyridine rings is 1. The molecule has 0 unspecified atom stereocenters. The predicted molar refractivity (Wildman–Crippen MR) is 64.6 cm³/mol. The van der Waals surface area contributed by atoms with Gasteiger partial charge in [-0.1, -0.05) is 42.5 Å². The topological polar surface area (TPSA) is 12.9 Å². The molecule has 0 N–H and O–H groups in total. The lowest BCUT2D eigenvalue weighted by molar-refractivity contribution is -0.141. The number of aromatic nitrogens is 1. The van der Waals surface area contributed by atoms with E-state index in [-0.39, 0.29) is 0 Å². The SMILES string of the molecule is FC(F)(F)c1cc(/C=C/c2ccccc2)ccn1. The van der Waals surface area contributed by atoms with E-state index in [4.69, 9.17) is 0 Å². The first-order chi connectivity index (χ1) is 8.55. The maximum absolute atomic E-state index is 12.4. The lowest BCUT2D eigenvalue weighted by Crippen LogP contribution is -2.07. The van der Waals surface area contributed by atoms with E-state index in [1.54, 1.807) is 12.2 Å². The summed E-state index contributed by atoms with van der Waals surface area (Å²) in [7, 11) is 0. The second-order valence-electron chi connectivity index (χ2n) is 3.72. The van der Waals surface area contributed by atoms with Gasteiger partial charge in [0.1, 0.15) is 5.69 Å². The van der Waals surface area contributed by atoms with E-state index in [1.165, 1.54) is 6.07 Å². The number of nitrogens with zero attached hydrogens (tertiary/aromatic N) is 1. The molecule has 92 valence electrons. The molecule has 0 spiro atoms. The van der Waals surface area contributed by atoms with Crippen molar-refractivity contribution in [3.8, 4) is 0 Å². The Labute approximate surface area is 103 Å². The van der Waals surface area contributed by atoms with E-state index in [1.807, 2.05) is 30.3 Å². The van der Waals surface area contributed by atoms with E-state index < -0.39 is 11.9 Å². The molecule has 0 fully saturated rings. The summed E-state index contributed by atoms with van der Waals surface area (Å²) < 4.78 is 37.3. The van der Waals surface area contributed by atoms with Gasteiger partial charge in [0.15, 0.2) is 0 Å². The van der Waals surface area contributed by atoms with Crippen molar-refractivity contribution in [1.29, 1.82) is 0 Å². The summed E-state index contributed by atoms with van der Waals surface area (Å²) in [5.41, 5.74) is 0.529. The van der Waals surface area contributed by atoms with Crippen molar-refractivity contribution in [2.45, 2.75) is 6.18 Å². The van der Waals surface area contributed by atoms with Gasteiger partial charge in [-0.15, -0.1) is 0 Å². The fourth-order valence-corrected chi connectivity index (χ4v) is 1.46. The van der Waals surface area contributed by atoms with Crippen LogP contribution in [0.15, 0.2) is 48.7 Å². The molecule has 2 rings (SSSR count). The standard InChI is InChI=1S/C14H10F3N/c15-14(16,17)13-10-12(8-9-18-13)7-6-11-4-2-1-3-5-11/h1-10H/b7-6+. The highest BCUT2D eigenvalue weighted by molar-refractivity contribution is 5.69. The lowest BCUT2D eigenvalue weighted by Gasteiger charge is -2.05. The highest BCUT2D eigenvalue weighted by Crippen LogP contribution is 2.28. The summed E-state index contributed by atoms with van der Waals surface area (Å²) in [6.45, 7) is 0. The third-order valence-electron chi connectivity index (χ3n) is 2.34. The molecule has 0 saturated heterocycles. The largest absolute Gasteiger partial charge is 0.433 e. The molecule has 0 aliphatic rings. The van der Waals surface area contributed by atoms with Crippen LogP contribution in [0.4, 0.5) is 13.2 Å². The van der Waals surface area contributed by atoms with Gasteiger partial charge in [-0.05, 0) is 23.3 Å². The highest BCUT2D eigenvalue weighted by Gasteiger charge is 2.32. The summed E-state index contributed by atoms with van der Waals surface area (Å²) >= 11 is 0. The smallest absolute Gasteiger partial charge is 0.252 e. The van der Waals surface area contributed by atoms with Crippen LogP contribution in [-0.2, 0) is 6.18 Å². The first kappa shape index (κ1) is 12.4. The molecule has 1 nitrogen and oxygen atoms in total. The molecule has 2 aromatic rings. The van der Waals surface area contributed by atoms with Gasteiger partial charge in [-0.2, -0.15) is 13.2 Å². The fourth-order valence-electron chi connectivity index (χ4n) is 1.46. The summed E-state index contributed by atoms with van der Waals surface area (Å²) in [6, 6.07) is 11.9. The molecular weight excluding hydrogens is 239 g/mol. The van der Waals surface area contributed by atoms with E-state index in [9.17, 15) is 13.2 Å². The first-order valence-electron chi connectivity index (χ1n) is 5.32. The van der Waals surface area contributed by atoms with Gasteiger partial charge in [0.05, 0.1) is 0 Å². The Morgan fingerprint density at radius 2 is 1.56 bits per heavy atom. The zero-order valence-corrected chi connectivity index (χ0v) is 9.35. The quantitative estimate of drug-likeness (QED) is 0.774. The van der Waals surface area contributed by atoms with Gasteiger partial charge in [-0.25, -0.2) is 0 Å². The minimum Gasteiger partial charge on any atom is -0.252 e.